The number of carboxylic acid groups (broad SMARTS) is 1. The van der Waals surface area contributed by atoms with E-state index in [4.69, 9.17) is 21.1 Å². The summed E-state index contributed by atoms with van der Waals surface area (Å²) in [5, 5.41) is 19.4. The average molecular weight is 472 g/mol. The van der Waals surface area contributed by atoms with Gasteiger partial charge in [-0.15, -0.1) is 10.2 Å². The van der Waals surface area contributed by atoms with Gasteiger partial charge < -0.3 is 19.1 Å². The minimum absolute atomic E-state index is 0.0940. The largest absolute Gasteiger partial charge is 0.493 e. The van der Waals surface area contributed by atoms with Crippen molar-refractivity contribution in [2.24, 2.45) is 0 Å². The Labute approximate surface area is 195 Å². The lowest BCUT2D eigenvalue weighted by Crippen LogP contribution is -2.03. The van der Waals surface area contributed by atoms with Crippen molar-refractivity contribution in [2.45, 2.75) is 18.6 Å². The molecular weight excluding hydrogens is 450 g/mol. The fourth-order valence-corrected chi connectivity index (χ4v) is 3.90. The Kier molecular flexibility index (Phi) is 7.97. The van der Waals surface area contributed by atoms with Gasteiger partial charge in [-0.3, -0.25) is 0 Å². The van der Waals surface area contributed by atoms with Crippen molar-refractivity contribution in [3.05, 3.63) is 70.6 Å². The molecule has 0 aliphatic heterocycles. The van der Waals surface area contributed by atoms with E-state index in [-0.39, 0.29) is 4.91 Å². The molecule has 0 radical (unpaired) electrons. The third kappa shape index (κ3) is 5.52. The van der Waals surface area contributed by atoms with Gasteiger partial charge in [0.2, 0.25) is 0 Å². The van der Waals surface area contributed by atoms with Gasteiger partial charge >= 0.3 is 5.97 Å². The molecule has 0 amide bonds. The van der Waals surface area contributed by atoms with Gasteiger partial charge in [0.25, 0.3) is 0 Å². The molecule has 0 atom stereocenters. The summed E-state index contributed by atoms with van der Waals surface area (Å²) in [6.45, 7) is 6.48. The van der Waals surface area contributed by atoms with Crippen molar-refractivity contribution in [1.82, 2.24) is 14.8 Å². The highest BCUT2D eigenvalue weighted by Crippen LogP contribution is 2.33. The summed E-state index contributed by atoms with van der Waals surface area (Å²) < 4.78 is 12.8. The van der Waals surface area contributed by atoms with Gasteiger partial charge in [0.05, 0.1) is 7.11 Å². The van der Waals surface area contributed by atoms with E-state index in [1.54, 1.807) is 42.5 Å². The molecule has 0 spiro atoms. The number of halogens is 1. The van der Waals surface area contributed by atoms with Crippen LogP contribution < -0.4 is 9.47 Å². The predicted octanol–water partition coefficient (Wildman–Crippen LogP) is 5.41. The maximum Gasteiger partial charge on any atom is 0.342 e. The lowest BCUT2D eigenvalue weighted by Gasteiger charge is -2.10. The molecular formula is C23H22ClN3O4S. The summed E-state index contributed by atoms with van der Waals surface area (Å²) in [7, 11) is 1.53. The third-order valence-corrected chi connectivity index (χ3v) is 5.64. The number of benzene rings is 2. The SMILES string of the molecule is C=CCOc1ccc(/C=C(\Sc2nnc(-c3ccc(Cl)cc3)n2CC)C(=O)O)cc1OC. The molecule has 166 valence electrons. The molecule has 1 N–H and O–H groups in total. The van der Waals surface area contributed by atoms with Crippen LogP contribution in [-0.4, -0.2) is 39.6 Å². The van der Waals surface area contributed by atoms with Crippen LogP contribution in [-0.2, 0) is 11.3 Å². The van der Waals surface area contributed by atoms with E-state index in [9.17, 15) is 9.90 Å². The number of rotatable bonds is 10. The number of thioether (sulfide) groups is 1. The Morgan fingerprint density at radius 1 is 1.22 bits per heavy atom. The molecule has 3 rings (SSSR count). The minimum Gasteiger partial charge on any atom is -0.493 e. The number of hydrogen-bond acceptors (Lipinski definition) is 6. The summed E-state index contributed by atoms with van der Waals surface area (Å²) in [4.78, 5) is 12.1. The summed E-state index contributed by atoms with van der Waals surface area (Å²) in [6.07, 6.45) is 3.19. The minimum atomic E-state index is -1.07. The molecule has 0 aliphatic rings. The number of aliphatic carboxylic acids is 1. The number of hydrogen-bond donors (Lipinski definition) is 1. The van der Waals surface area contributed by atoms with E-state index in [2.05, 4.69) is 16.8 Å². The first-order valence-electron chi connectivity index (χ1n) is 9.70. The zero-order valence-corrected chi connectivity index (χ0v) is 19.2. The molecule has 0 unspecified atom stereocenters. The van der Waals surface area contributed by atoms with Crippen molar-refractivity contribution in [3.63, 3.8) is 0 Å². The van der Waals surface area contributed by atoms with Crippen LogP contribution in [0.4, 0.5) is 0 Å². The van der Waals surface area contributed by atoms with Crippen LogP contribution >= 0.6 is 23.4 Å². The Hall–Kier alpha value is -3.23. The maximum atomic E-state index is 12.0. The van der Waals surface area contributed by atoms with Crippen molar-refractivity contribution < 1.29 is 19.4 Å². The van der Waals surface area contributed by atoms with Crippen LogP contribution in [0.5, 0.6) is 11.5 Å². The van der Waals surface area contributed by atoms with E-state index in [0.29, 0.717) is 46.2 Å². The van der Waals surface area contributed by atoms with Crippen molar-refractivity contribution in [3.8, 4) is 22.9 Å². The van der Waals surface area contributed by atoms with E-state index in [1.807, 2.05) is 23.6 Å². The lowest BCUT2D eigenvalue weighted by molar-refractivity contribution is -0.131. The smallest absolute Gasteiger partial charge is 0.342 e. The van der Waals surface area contributed by atoms with Gasteiger partial charge in [-0.2, -0.15) is 0 Å². The number of methoxy groups -OCH3 is 1. The van der Waals surface area contributed by atoms with Crippen LogP contribution in [0.1, 0.15) is 12.5 Å². The van der Waals surface area contributed by atoms with Crippen LogP contribution in [0.3, 0.4) is 0 Å². The van der Waals surface area contributed by atoms with Crippen LogP contribution in [0.2, 0.25) is 5.02 Å². The topological polar surface area (TPSA) is 86.5 Å². The zero-order chi connectivity index (χ0) is 23.1. The molecule has 32 heavy (non-hydrogen) atoms. The molecule has 3 aromatic rings. The molecule has 9 heteroatoms. The van der Waals surface area contributed by atoms with Gasteiger partial charge in [0.15, 0.2) is 22.5 Å². The van der Waals surface area contributed by atoms with Gasteiger partial charge in [0, 0.05) is 17.1 Å². The Balaban J connectivity index is 1.92. The number of aromatic nitrogens is 3. The van der Waals surface area contributed by atoms with E-state index in [1.165, 1.54) is 7.11 Å². The summed E-state index contributed by atoms with van der Waals surface area (Å²) in [5.74, 6) is 0.617. The number of nitrogens with zero attached hydrogens (tertiary/aromatic N) is 3. The van der Waals surface area contributed by atoms with Gasteiger partial charge in [-0.05, 0) is 66.7 Å². The lowest BCUT2D eigenvalue weighted by atomic mass is 10.2. The molecule has 7 nitrogen and oxygen atoms in total. The van der Waals surface area contributed by atoms with Gasteiger partial charge in [-0.1, -0.05) is 30.3 Å². The second-order valence-corrected chi connectivity index (χ2v) is 7.93. The first kappa shape index (κ1) is 23.4. The summed E-state index contributed by atoms with van der Waals surface area (Å²) in [6, 6.07) is 12.4. The third-order valence-electron chi connectivity index (χ3n) is 4.39. The second kappa shape index (κ2) is 10.9. The highest BCUT2D eigenvalue weighted by molar-refractivity contribution is 8.04. The highest BCUT2D eigenvalue weighted by atomic mass is 35.5. The molecule has 1 heterocycles. The molecule has 1 aromatic heterocycles. The van der Waals surface area contributed by atoms with Crippen molar-refractivity contribution in [1.29, 1.82) is 0 Å². The predicted molar refractivity (Wildman–Crippen MR) is 126 cm³/mol. The normalized spacial score (nSPS) is 11.3. The van der Waals surface area contributed by atoms with Crippen LogP contribution in [0, 0.1) is 0 Å². The standard InChI is InChI=1S/C23H22ClN3O4S/c1-4-12-31-18-11-6-15(13-19(18)30-3)14-20(22(28)29)32-23-26-25-21(27(23)5-2)16-7-9-17(24)10-8-16/h4,6-11,13-14H,1,5,12H2,2-3H3,(H,28,29)/b20-14-. The summed E-state index contributed by atoms with van der Waals surface area (Å²) in [5.41, 5.74) is 1.49. The Morgan fingerprint density at radius 3 is 2.59 bits per heavy atom. The number of ether oxygens (including phenoxy) is 2. The van der Waals surface area contributed by atoms with Crippen molar-refractivity contribution in [2.75, 3.05) is 13.7 Å². The zero-order valence-electron chi connectivity index (χ0n) is 17.6. The summed E-state index contributed by atoms with van der Waals surface area (Å²) >= 11 is 7.01. The first-order chi connectivity index (χ1) is 15.5. The molecule has 0 fully saturated rings. The van der Waals surface area contributed by atoms with Gasteiger partial charge in [-0.25, -0.2) is 4.79 Å². The van der Waals surface area contributed by atoms with E-state index < -0.39 is 5.97 Å². The van der Waals surface area contributed by atoms with Crippen LogP contribution in [0.25, 0.3) is 17.5 Å². The van der Waals surface area contributed by atoms with E-state index >= 15 is 0 Å². The Morgan fingerprint density at radius 2 is 1.97 bits per heavy atom. The second-order valence-electron chi connectivity index (χ2n) is 6.48. The quantitative estimate of drug-likeness (QED) is 0.240. The van der Waals surface area contributed by atoms with Crippen molar-refractivity contribution >= 4 is 35.4 Å². The fourth-order valence-electron chi connectivity index (χ4n) is 2.89. The molecule has 0 saturated carbocycles. The molecule has 2 aromatic carbocycles. The number of carbonyl (C=O) groups is 1. The molecule has 0 aliphatic carbocycles. The van der Waals surface area contributed by atoms with Gasteiger partial charge in [0.1, 0.15) is 11.5 Å². The molecule has 0 bridgehead atoms. The molecule has 0 saturated heterocycles. The maximum absolute atomic E-state index is 12.0. The highest BCUT2D eigenvalue weighted by Gasteiger charge is 2.18. The number of carboxylic acids is 1. The van der Waals surface area contributed by atoms with Crippen LogP contribution in [0.15, 0.2) is 65.2 Å². The Bertz CT molecular complexity index is 1140. The van der Waals surface area contributed by atoms with E-state index in [0.717, 1.165) is 17.3 Å². The first-order valence-corrected chi connectivity index (χ1v) is 10.9. The monoisotopic (exact) mass is 471 g/mol. The fraction of sp³-hybridized carbons (Fsp3) is 0.174. The average Bonchev–Trinajstić information content (AvgIpc) is 3.20.